The van der Waals surface area contributed by atoms with Crippen LogP contribution in [0.1, 0.15) is 43.0 Å². The number of benzene rings is 2. The summed E-state index contributed by atoms with van der Waals surface area (Å²) in [5.74, 6) is 0.500. The van der Waals surface area contributed by atoms with Crippen LogP contribution in [0.25, 0.3) is 0 Å². The highest BCUT2D eigenvalue weighted by Crippen LogP contribution is 2.23. The summed E-state index contributed by atoms with van der Waals surface area (Å²) in [5.41, 5.74) is 12.3. The third-order valence-electron chi connectivity index (χ3n) is 4.48. The number of carbonyl (C=O) groups is 1. The number of hydrogen-bond donors (Lipinski definition) is 3. The van der Waals surface area contributed by atoms with Crippen LogP contribution in [-0.2, 0) is 11.2 Å². The fraction of sp³-hybridized carbons (Fsp3) is 0.333. The Morgan fingerprint density at radius 1 is 1.26 bits per heavy atom. The van der Waals surface area contributed by atoms with Gasteiger partial charge in [-0.05, 0) is 47.6 Å². The quantitative estimate of drug-likeness (QED) is 0.485. The molecule has 1 heterocycles. The van der Waals surface area contributed by atoms with Gasteiger partial charge in [0.25, 0.3) is 5.91 Å². The number of amides is 1. The van der Waals surface area contributed by atoms with Gasteiger partial charge in [-0.15, -0.1) is 0 Å². The van der Waals surface area contributed by atoms with Gasteiger partial charge in [0, 0.05) is 10.5 Å². The van der Waals surface area contributed by atoms with Crippen molar-refractivity contribution in [3.05, 3.63) is 69.7 Å². The Morgan fingerprint density at radius 3 is 2.74 bits per heavy atom. The van der Waals surface area contributed by atoms with Crippen molar-refractivity contribution in [2.24, 2.45) is 11.0 Å². The van der Waals surface area contributed by atoms with Gasteiger partial charge in [0.1, 0.15) is 6.04 Å². The first-order chi connectivity index (χ1) is 13.0. The maximum absolute atomic E-state index is 12.3. The van der Waals surface area contributed by atoms with Gasteiger partial charge in [0.2, 0.25) is 0 Å². The number of hydrazine groups is 1. The summed E-state index contributed by atoms with van der Waals surface area (Å²) in [6.45, 7) is 4.44. The first kappa shape index (κ1) is 19.7. The lowest BCUT2D eigenvalue weighted by atomic mass is 9.97. The van der Waals surface area contributed by atoms with Gasteiger partial charge >= 0.3 is 0 Å². The highest BCUT2D eigenvalue weighted by atomic mass is 79.9. The van der Waals surface area contributed by atoms with Crippen LogP contribution in [0.15, 0.2) is 58.1 Å². The summed E-state index contributed by atoms with van der Waals surface area (Å²) in [4.78, 5) is 12.3. The maximum Gasteiger partial charge on any atom is 0.258 e. The van der Waals surface area contributed by atoms with Gasteiger partial charge in [0.15, 0.2) is 0 Å². The molecule has 0 saturated carbocycles. The zero-order chi connectivity index (χ0) is 19.2. The van der Waals surface area contributed by atoms with Crippen LogP contribution in [0.3, 0.4) is 0 Å². The van der Waals surface area contributed by atoms with Gasteiger partial charge in [0.05, 0.1) is 6.21 Å². The van der Waals surface area contributed by atoms with Crippen molar-refractivity contribution in [3.63, 3.8) is 0 Å². The highest BCUT2D eigenvalue weighted by Gasteiger charge is 2.29. The molecule has 1 saturated heterocycles. The number of halogens is 1. The van der Waals surface area contributed by atoms with Crippen molar-refractivity contribution in [1.82, 2.24) is 16.3 Å². The van der Waals surface area contributed by atoms with Crippen molar-refractivity contribution < 1.29 is 4.79 Å². The molecule has 6 heteroatoms. The molecule has 3 rings (SSSR count). The summed E-state index contributed by atoms with van der Waals surface area (Å²) in [7, 11) is 0. The minimum atomic E-state index is -0.315. The molecule has 5 nitrogen and oxygen atoms in total. The van der Waals surface area contributed by atoms with E-state index in [1.165, 1.54) is 11.1 Å². The van der Waals surface area contributed by atoms with Crippen LogP contribution in [0.2, 0.25) is 0 Å². The Morgan fingerprint density at radius 2 is 2.04 bits per heavy atom. The molecule has 0 aliphatic carbocycles. The predicted octanol–water partition coefficient (Wildman–Crippen LogP) is 3.71. The van der Waals surface area contributed by atoms with E-state index in [-0.39, 0.29) is 18.0 Å². The Kier molecular flexibility index (Phi) is 6.77. The Hall–Kier alpha value is -2.02. The lowest BCUT2D eigenvalue weighted by Crippen LogP contribution is -2.41. The Bertz CT molecular complexity index is 804. The molecule has 0 bridgehead atoms. The fourth-order valence-electron chi connectivity index (χ4n) is 3.14. The largest absolute Gasteiger partial charge is 0.271 e. The lowest BCUT2D eigenvalue weighted by molar-refractivity contribution is -0.122. The summed E-state index contributed by atoms with van der Waals surface area (Å²) < 4.78 is 0.974. The first-order valence-corrected chi connectivity index (χ1v) is 9.99. The molecule has 1 aliphatic heterocycles. The minimum Gasteiger partial charge on any atom is -0.271 e. The summed E-state index contributed by atoms with van der Waals surface area (Å²) in [6.07, 6.45) is 3.40. The molecule has 1 fully saturated rings. The molecular weight excluding hydrogens is 404 g/mol. The van der Waals surface area contributed by atoms with Crippen LogP contribution in [0.4, 0.5) is 0 Å². The predicted molar refractivity (Wildman–Crippen MR) is 112 cm³/mol. The highest BCUT2D eigenvalue weighted by molar-refractivity contribution is 9.10. The molecule has 1 aliphatic rings. The van der Waals surface area contributed by atoms with Crippen molar-refractivity contribution in [3.8, 4) is 0 Å². The van der Waals surface area contributed by atoms with E-state index in [1.54, 1.807) is 6.21 Å². The zero-order valence-electron chi connectivity index (χ0n) is 15.6. The van der Waals surface area contributed by atoms with Gasteiger partial charge in [-0.25, -0.2) is 16.3 Å². The molecule has 2 unspecified atom stereocenters. The van der Waals surface area contributed by atoms with E-state index in [1.807, 2.05) is 24.3 Å². The third-order valence-corrected chi connectivity index (χ3v) is 4.98. The number of nitrogens with one attached hydrogen (secondary N) is 3. The lowest BCUT2D eigenvalue weighted by Gasteiger charge is -2.11. The van der Waals surface area contributed by atoms with Gasteiger partial charge in [-0.1, -0.05) is 66.2 Å². The van der Waals surface area contributed by atoms with Crippen LogP contribution >= 0.6 is 15.9 Å². The van der Waals surface area contributed by atoms with E-state index in [9.17, 15) is 4.79 Å². The summed E-state index contributed by atoms with van der Waals surface area (Å²) in [5, 5.41) is 4.05. The molecule has 0 spiro atoms. The maximum atomic E-state index is 12.3. The van der Waals surface area contributed by atoms with E-state index >= 15 is 0 Å². The van der Waals surface area contributed by atoms with Crippen LogP contribution in [0, 0.1) is 5.92 Å². The van der Waals surface area contributed by atoms with Crippen molar-refractivity contribution in [2.45, 2.75) is 38.8 Å². The van der Waals surface area contributed by atoms with Gasteiger partial charge in [-0.2, -0.15) is 5.10 Å². The van der Waals surface area contributed by atoms with E-state index < -0.39 is 0 Å². The molecule has 27 heavy (non-hydrogen) atoms. The van der Waals surface area contributed by atoms with Gasteiger partial charge in [-0.3, -0.25) is 4.79 Å². The summed E-state index contributed by atoms with van der Waals surface area (Å²) in [6, 6.07) is 16.2. The van der Waals surface area contributed by atoms with Crippen LogP contribution < -0.4 is 16.3 Å². The average Bonchev–Trinajstić information content (AvgIpc) is 3.12. The Balaban J connectivity index is 1.52. The average molecular weight is 429 g/mol. The van der Waals surface area contributed by atoms with Crippen LogP contribution in [-0.4, -0.2) is 18.2 Å². The van der Waals surface area contributed by atoms with Crippen LogP contribution in [0.5, 0.6) is 0 Å². The third kappa shape index (κ3) is 5.73. The SMILES string of the molecule is CC(C)Cc1ccc(C2CC(C(=O)N/N=C/c3cccc(Br)c3)NN2)cc1. The van der Waals surface area contributed by atoms with E-state index in [0.29, 0.717) is 12.3 Å². The molecule has 142 valence electrons. The smallest absolute Gasteiger partial charge is 0.258 e. The fourth-order valence-corrected chi connectivity index (χ4v) is 3.56. The molecule has 2 aromatic carbocycles. The number of rotatable bonds is 6. The number of hydrogen-bond acceptors (Lipinski definition) is 4. The monoisotopic (exact) mass is 428 g/mol. The molecular formula is C21H25BrN4O. The second-order valence-corrected chi connectivity index (χ2v) is 8.17. The minimum absolute atomic E-state index is 0.114. The first-order valence-electron chi connectivity index (χ1n) is 9.19. The van der Waals surface area contributed by atoms with E-state index in [2.05, 4.69) is 75.4 Å². The molecule has 1 amide bonds. The van der Waals surface area contributed by atoms with E-state index in [4.69, 9.17) is 0 Å². The molecule has 3 N–H and O–H groups in total. The molecule has 0 radical (unpaired) electrons. The number of nitrogens with zero attached hydrogens (tertiary/aromatic N) is 1. The van der Waals surface area contributed by atoms with Crippen molar-refractivity contribution >= 4 is 28.1 Å². The van der Waals surface area contributed by atoms with Crippen molar-refractivity contribution in [1.29, 1.82) is 0 Å². The topological polar surface area (TPSA) is 65.5 Å². The second-order valence-electron chi connectivity index (χ2n) is 7.26. The summed E-state index contributed by atoms with van der Waals surface area (Å²) >= 11 is 3.41. The standard InChI is InChI=1S/C21H25BrN4O/c1-14(2)10-15-6-8-17(9-7-15)19-12-20(25-24-19)21(27)26-23-13-16-4-3-5-18(22)11-16/h3-9,11,13-14,19-20,24-25H,10,12H2,1-2H3,(H,26,27)/b23-13+. The zero-order valence-corrected chi connectivity index (χ0v) is 17.2. The van der Waals surface area contributed by atoms with E-state index in [0.717, 1.165) is 16.5 Å². The molecule has 2 atom stereocenters. The molecule has 0 aromatic heterocycles. The molecule has 2 aromatic rings. The van der Waals surface area contributed by atoms with Gasteiger partial charge < -0.3 is 0 Å². The number of hydrazone groups is 1. The second kappa shape index (κ2) is 9.26. The van der Waals surface area contributed by atoms with Crippen molar-refractivity contribution in [2.75, 3.05) is 0 Å². The number of carbonyl (C=O) groups excluding carboxylic acids is 1. The normalized spacial score (nSPS) is 19.7. The Labute approximate surface area is 168 Å².